The average Bonchev–Trinajstić information content (AvgIpc) is 2.78. The number of hydrogen-bond acceptors (Lipinski definition) is 8. The van der Waals surface area contributed by atoms with Crippen LogP contribution in [0.25, 0.3) is 21.9 Å². The molecule has 1 aromatic heterocycles. The molecule has 34 heavy (non-hydrogen) atoms. The Morgan fingerprint density at radius 3 is 2.47 bits per heavy atom. The summed E-state index contributed by atoms with van der Waals surface area (Å²) >= 11 is 0. The van der Waals surface area contributed by atoms with E-state index in [0.717, 1.165) is 0 Å². The second-order valence-electron chi connectivity index (χ2n) is 8.25. The molecule has 0 bridgehead atoms. The summed E-state index contributed by atoms with van der Waals surface area (Å²) in [4.78, 5) is 39.5. The third-order valence-corrected chi connectivity index (χ3v) is 5.60. The molecule has 1 unspecified atom stereocenters. The standard InChI is InChI=1S/C26H26N2O6/c1-5-32-25(30)21-20(19(14(4)28-24(21)27)26(31)33-13(2)3)16-10-8-11-17-22(29)15-9-6-7-12-18(15)34-23(16)17/h6-13,20,28H,5,27H2,1-4H3. The summed E-state index contributed by atoms with van der Waals surface area (Å²) in [6.45, 7) is 6.94. The predicted octanol–water partition coefficient (Wildman–Crippen LogP) is 3.59. The first-order chi connectivity index (χ1) is 16.2. The van der Waals surface area contributed by atoms with Crippen LogP contribution in [0.1, 0.15) is 39.2 Å². The Labute approximate surface area is 196 Å². The maximum absolute atomic E-state index is 13.2. The van der Waals surface area contributed by atoms with Crippen molar-refractivity contribution >= 4 is 33.9 Å². The van der Waals surface area contributed by atoms with Crippen LogP contribution >= 0.6 is 0 Å². The van der Waals surface area contributed by atoms with Crippen molar-refractivity contribution in [3.05, 3.63) is 80.9 Å². The third-order valence-electron chi connectivity index (χ3n) is 5.60. The summed E-state index contributed by atoms with van der Waals surface area (Å²) in [7, 11) is 0. The van der Waals surface area contributed by atoms with E-state index in [-0.39, 0.29) is 34.6 Å². The molecule has 3 N–H and O–H groups in total. The molecular formula is C26H26N2O6. The number of nitrogens with two attached hydrogens (primary N) is 1. The van der Waals surface area contributed by atoms with Crippen molar-refractivity contribution in [1.82, 2.24) is 5.32 Å². The highest BCUT2D eigenvalue weighted by molar-refractivity contribution is 6.02. The molecule has 2 aromatic carbocycles. The Kier molecular flexibility index (Phi) is 6.15. The first-order valence-corrected chi connectivity index (χ1v) is 11.0. The molecule has 1 aliphatic heterocycles. The number of nitrogens with one attached hydrogen (secondary N) is 1. The number of fused-ring (bicyclic) bond motifs is 2. The van der Waals surface area contributed by atoms with Crippen molar-refractivity contribution in [3.8, 4) is 0 Å². The van der Waals surface area contributed by atoms with Crippen molar-refractivity contribution in [2.45, 2.75) is 39.7 Å². The van der Waals surface area contributed by atoms with Crippen LogP contribution in [0.5, 0.6) is 0 Å². The monoisotopic (exact) mass is 462 g/mol. The van der Waals surface area contributed by atoms with Crippen LogP contribution < -0.4 is 16.5 Å². The summed E-state index contributed by atoms with van der Waals surface area (Å²) < 4.78 is 16.9. The van der Waals surface area contributed by atoms with E-state index < -0.39 is 24.0 Å². The molecule has 0 spiro atoms. The van der Waals surface area contributed by atoms with Crippen molar-refractivity contribution in [3.63, 3.8) is 0 Å². The van der Waals surface area contributed by atoms with Gasteiger partial charge >= 0.3 is 11.9 Å². The summed E-state index contributed by atoms with van der Waals surface area (Å²) in [5.74, 6) is -2.21. The van der Waals surface area contributed by atoms with Gasteiger partial charge in [-0.1, -0.05) is 24.3 Å². The van der Waals surface area contributed by atoms with E-state index in [9.17, 15) is 14.4 Å². The Balaban J connectivity index is 2.05. The van der Waals surface area contributed by atoms with Gasteiger partial charge in [0.15, 0.2) is 0 Å². The normalized spacial score (nSPS) is 16.2. The number of ether oxygens (including phenoxy) is 2. The van der Waals surface area contributed by atoms with Gasteiger partial charge in [-0.3, -0.25) is 4.79 Å². The van der Waals surface area contributed by atoms with Crippen LogP contribution in [0.2, 0.25) is 0 Å². The molecule has 4 rings (SSSR count). The summed E-state index contributed by atoms with van der Waals surface area (Å²) in [6, 6.07) is 12.0. The van der Waals surface area contributed by atoms with Crippen LogP contribution in [0.4, 0.5) is 0 Å². The van der Waals surface area contributed by atoms with Crippen LogP contribution in [-0.2, 0) is 19.1 Å². The van der Waals surface area contributed by atoms with Gasteiger partial charge in [0.05, 0.1) is 40.5 Å². The smallest absolute Gasteiger partial charge is 0.338 e. The lowest BCUT2D eigenvalue weighted by atomic mass is 9.80. The molecule has 1 aliphatic rings. The number of rotatable bonds is 5. The van der Waals surface area contributed by atoms with Gasteiger partial charge < -0.3 is 24.9 Å². The SMILES string of the molecule is CCOC(=O)C1=C(N)NC(C)=C(C(=O)OC(C)C)C1c1cccc2c(=O)c3ccccc3oc12. The van der Waals surface area contributed by atoms with Gasteiger partial charge in [-0.25, -0.2) is 9.59 Å². The number of dihydropyridines is 1. The number of para-hydroxylation sites is 2. The maximum Gasteiger partial charge on any atom is 0.338 e. The quantitative estimate of drug-likeness (QED) is 0.436. The van der Waals surface area contributed by atoms with E-state index in [1.54, 1.807) is 70.2 Å². The molecular weight excluding hydrogens is 436 g/mol. The zero-order valence-electron chi connectivity index (χ0n) is 19.4. The number of benzene rings is 2. The first kappa shape index (κ1) is 23.1. The lowest BCUT2D eigenvalue weighted by Crippen LogP contribution is -2.36. The van der Waals surface area contributed by atoms with E-state index in [1.807, 2.05) is 0 Å². The van der Waals surface area contributed by atoms with Crippen LogP contribution in [0, 0.1) is 0 Å². The van der Waals surface area contributed by atoms with E-state index in [4.69, 9.17) is 19.6 Å². The lowest BCUT2D eigenvalue weighted by Gasteiger charge is -2.30. The molecule has 0 radical (unpaired) electrons. The summed E-state index contributed by atoms with van der Waals surface area (Å²) in [5.41, 5.74) is 7.79. The largest absolute Gasteiger partial charge is 0.463 e. The fourth-order valence-corrected chi connectivity index (χ4v) is 4.22. The minimum atomic E-state index is -0.973. The van der Waals surface area contributed by atoms with Gasteiger partial charge in [0.25, 0.3) is 0 Å². The van der Waals surface area contributed by atoms with Crippen molar-refractivity contribution in [1.29, 1.82) is 0 Å². The minimum Gasteiger partial charge on any atom is -0.463 e. The number of carbonyl (C=O) groups is 2. The molecule has 0 fully saturated rings. The van der Waals surface area contributed by atoms with E-state index in [1.165, 1.54) is 0 Å². The molecule has 0 saturated carbocycles. The Hall–Kier alpha value is -4.07. The zero-order chi connectivity index (χ0) is 24.6. The fourth-order valence-electron chi connectivity index (χ4n) is 4.22. The van der Waals surface area contributed by atoms with Crippen LogP contribution in [0.3, 0.4) is 0 Å². The number of carbonyl (C=O) groups excluding carboxylic acids is 2. The van der Waals surface area contributed by atoms with E-state index in [2.05, 4.69) is 5.32 Å². The maximum atomic E-state index is 13.2. The molecule has 0 aliphatic carbocycles. The van der Waals surface area contributed by atoms with Gasteiger partial charge in [0.2, 0.25) is 5.43 Å². The highest BCUT2D eigenvalue weighted by Gasteiger charge is 2.40. The van der Waals surface area contributed by atoms with Gasteiger partial charge in [-0.2, -0.15) is 0 Å². The van der Waals surface area contributed by atoms with E-state index >= 15 is 0 Å². The summed E-state index contributed by atoms with van der Waals surface area (Å²) in [6.07, 6.45) is -0.392. The number of hydrogen-bond donors (Lipinski definition) is 2. The van der Waals surface area contributed by atoms with E-state index in [0.29, 0.717) is 27.6 Å². The molecule has 0 amide bonds. The predicted molar refractivity (Wildman–Crippen MR) is 128 cm³/mol. The second-order valence-corrected chi connectivity index (χ2v) is 8.25. The Bertz CT molecular complexity index is 1430. The highest BCUT2D eigenvalue weighted by atomic mass is 16.5. The fraction of sp³-hybridized carbons (Fsp3) is 0.269. The summed E-state index contributed by atoms with van der Waals surface area (Å²) in [5, 5.41) is 3.66. The second kappa shape index (κ2) is 9.05. The van der Waals surface area contributed by atoms with Crippen LogP contribution in [-0.4, -0.2) is 24.6 Å². The average molecular weight is 463 g/mol. The minimum absolute atomic E-state index is 0.0477. The van der Waals surface area contributed by atoms with Gasteiger partial charge in [0.1, 0.15) is 17.0 Å². The lowest BCUT2D eigenvalue weighted by molar-refractivity contribution is -0.143. The molecule has 1 atom stereocenters. The van der Waals surface area contributed by atoms with Crippen molar-refractivity contribution in [2.24, 2.45) is 5.73 Å². The number of allylic oxidation sites excluding steroid dienone is 1. The van der Waals surface area contributed by atoms with Gasteiger partial charge in [-0.05, 0) is 45.9 Å². The van der Waals surface area contributed by atoms with Gasteiger partial charge in [-0.15, -0.1) is 0 Å². The van der Waals surface area contributed by atoms with Gasteiger partial charge in [0, 0.05) is 11.3 Å². The first-order valence-electron chi connectivity index (χ1n) is 11.0. The van der Waals surface area contributed by atoms with Crippen LogP contribution in [0.15, 0.2) is 74.3 Å². The Morgan fingerprint density at radius 1 is 1.06 bits per heavy atom. The Morgan fingerprint density at radius 2 is 1.76 bits per heavy atom. The third kappa shape index (κ3) is 3.91. The molecule has 8 heteroatoms. The molecule has 3 aromatic rings. The molecule has 2 heterocycles. The molecule has 0 saturated heterocycles. The zero-order valence-corrected chi connectivity index (χ0v) is 19.4. The topological polar surface area (TPSA) is 121 Å². The van der Waals surface area contributed by atoms with Crippen molar-refractivity contribution in [2.75, 3.05) is 6.61 Å². The number of esters is 2. The molecule has 176 valence electrons. The highest BCUT2D eigenvalue weighted by Crippen LogP contribution is 2.41. The molecule has 8 nitrogen and oxygen atoms in total. The van der Waals surface area contributed by atoms with Crippen molar-refractivity contribution < 1.29 is 23.5 Å².